The Balaban J connectivity index is 0.000000271. The van der Waals surface area contributed by atoms with Crippen molar-refractivity contribution in [1.29, 1.82) is 0 Å². The van der Waals surface area contributed by atoms with Gasteiger partial charge in [-0.05, 0) is 0 Å². The Morgan fingerprint density at radius 1 is 0.607 bits per heavy atom. The van der Waals surface area contributed by atoms with Crippen LogP contribution in [-0.2, 0) is 34.1 Å². The van der Waals surface area contributed by atoms with Crippen molar-refractivity contribution in [3.05, 3.63) is 109 Å². The molecule has 4 aromatic carbocycles. The summed E-state index contributed by atoms with van der Waals surface area (Å²) in [5.41, 5.74) is 0. The summed E-state index contributed by atoms with van der Waals surface area (Å²) in [6.07, 6.45) is 0. The van der Waals surface area contributed by atoms with Crippen LogP contribution in [0.5, 0.6) is 0 Å². The third kappa shape index (κ3) is 7.04. The predicted molar refractivity (Wildman–Crippen MR) is 115 cm³/mol. The SMILES string of the molecule is [Fe+2].[Fe+2].c1cc[c-](P2([c-]3cccc3)=NP=NP=N2)c1.c1cc[cH-]c1.c1cc[cH-]c1. The molecule has 0 fully saturated rings. The summed E-state index contributed by atoms with van der Waals surface area (Å²) in [5.74, 6) is 0. The molecule has 144 valence electrons. The molecule has 0 saturated carbocycles. The molecule has 0 amide bonds. The first-order chi connectivity index (χ1) is 12.9. The van der Waals surface area contributed by atoms with Gasteiger partial charge >= 0.3 is 34.1 Å². The second-order valence-electron chi connectivity index (χ2n) is 5.26. The standard InChI is InChI=1S/C10H8N3P3.2C5H5.2Fe/c1-2-6-9(5-1)16(10-7-3-4-8-10)12-14-11-15-13-16;2*1-2-4-5-3-1;;/h1-8H;2*1-5H;;/q-2;2*-1;2*+2. The molecule has 4 aromatic rings. The first-order valence-electron chi connectivity index (χ1n) is 8.14. The molecule has 0 unspecified atom stereocenters. The first kappa shape index (κ1) is 24.9. The summed E-state index contributed by atoms with van der Waals surface area (Å²) in [7, 11) is -0.254. The zero-order valence-electron chi connectivity index (χ0n) is 14.8. The van der Waals surface area contributed by atoms with Crippen LogP contribution in [0.3, 0.4) is 0 Å². The molecular weight excluding hydrogens is 487 g/mol. The van der Waals surface area contributed by atoms with E-state index >= 15 is 0 Å². The number of hydrogen-bond donors (Lipinski definition) is 0. The second kappa shape index (κ2) is 13.9. The van der Waals surface area contributed by atoms with Gasteiger partial charge in [-0.1, -0.05) is 0 Å². The van der Waals surface area contributed by atoms with Crippen LogP contribution in [0.4, 0.5) is 0 Å². The number of nitrogens with zero attached hydrogens (tertiary/aromatic N) is 3. The van der Waals surface area contributed by atoms with E-state index in [9.17, 15) is 0 Å². The topological polar surface area (TPSA) is 37.1 Å². The Bertz CT molecular complexity index is 842. The molecule has 0 N–H and O–H groups in total. The van der Waals surface area contributed by atoms with E-state index in [0.29, 0.717) is 0 Å². The van der Waals surface area contributed by atoms with Gasteiger partial charge in [0.25, 0.3) is 0 Å². The largest absolute Gasteiger partial charge is 2.00 e. The van der Waals surface area contributed by atoms with Gasteiger partial charge in [0.1, 0.15) is 0 Å². The zero-order valence-corrected chi connectivity index (χ0v) is 19.7. The molecule has 8 heteroatoms. The third-order valence-electron chi connectivity index (χ3n) is 3.54. The molecular formula is C20H18Fe2N3P3. The molecule has 3 nitrogen and oxygen atoms in total. The average molecular weight is 505 g/mol. The molecule has 5 rings (SSSR count). The molecule has 0 saturated heterocycles. The van der Waals surface area contributed by atoms with Gasteiger partial charge in [-0.15, -0.1) is 10.6 Å². The van der Waals surface area contributed by atoms with E-state index < -0.39 is 7.21 Å². The quantitative estimate of drug-likeness (QED) is 0.159. The van der Waals surface area contributed by atoms with Crippen molar-refractivity contribution in [3.8, 4) is 0 Å². The number of rotatable bonds is 2. The van der Waals surface area contributed by atoms with E-state index in [-0.39, 0.29) is 34.1 Å². The fourth-order valence-corrected chi connectivity index (χ4v) is 7.92. The van der Waals surface area contributed by atoms with Crippen molar-refractivity contribution in [2.75, 3.05) is 0 Å². The molecule has 0 aromatic heterocycles. The summed E-state index contributed by atoms with van der Waals surface area (Å²) < 4.78 is 13.5. The maximum Gasteiger partial charge on any atom is 2.00 e. The van der Waals surface area contributed by atoms with Gasteiger partial charge in [0.2, 0.25) is 0 Å². The fraction of sp³-hybridized carbons (Fsp3) is 0. The van der Waals surface area contributed by atoms with Crippen LogP contribution in [0.15, 0.2) is 123 Å². The van der Waals surface area contributed by atoms with Crippen LogP contribution in [0.25, 0.3) is 0 Å². The van der Waals surface area contributed by atoms with Crippen LogP contribution in [0.1, 0.15) is 0 Å². The summed E-state index contributed by atoms with van der Waals surface area (Å²) in [4.78, 5) is 0. The minimum absolute atomic E-state index is 0. The van der Waals surface area contributed by atoms with Gasteiger partial charge in [-0.2, -0.15) is 65.2 Å². The second-order valence-corrected chi connectivity index (χ2v) is 10.00. The number of hydrogen-bond acceptors (Lipinski definition) is 3. The Labute approximate surface area is 191 Å². The average Bonchev–Trinajstić information content (AvgIpc) is 3.50. The Morgan fingerprint density at radius 2 is 1.04 bits per heavy atom. The Hall–Kier alpha value is -1.13. The van der Waals surface area contributed by atoms with Crippen LogP contribution in [-0.4, -0.2) is 0 Å². The summed E-state index contributed by atoms with van der Waals surface area (Å²) in [6, 6.07) is 36.6. The summed E-state index contributed by atoms with van der Waals surface area (Å²) >= 11 is 0. The van der Waals surface area contributed by atoms with Gasteiger partial charge in [-0.3, -0.25) is 0 Å². The molecule has 1 aliphatic rings. The fourth-order valence-electron chi connectivity index (χ4n) is 2.33. The molecule has 0 atom stereocenters. The van der Waals surface area contributed by atoms with E-state index in [2.05, 4.69) is 37.8 Å². The van der Waals surface area contributed by atoms with Crippen molar-refractivity contribution in [2.24, 2.45) is 13.5 Å². The molecule has 28 heavy (non-hydrogen) atoms. The summed E-state index contributed by atoms with van der Waals surface area (Å²) in [5, 5.41) is 2.46. The molecule has 1 aliphatic heterocycles. The molecule has 0 radical (unpaired) electrons. The monoisotopic (exact) mass is 505 g/mol. The van der Waals surface area contributed by atoms with Crippen LogP contribution < -0.4 is 10.6 Å². The van der Waals surface area contributed by atoms with E-state index in [0.717, 1.165) is 17.0 Å². The zero-order chi connectivity index (χ0) is 17.9. The van der Waals surface area contributed by atoms with E-state index in [1.165, 1.54) is 10.6 Å². The van der Waals surface area contributed by atoms with Gasteiger partial charge in [0, 0.05) is 0 Å². The molecule has 0 bridgehead atoms. The third-order valence-corrected chi connectivity index (χ3v) is 8.93. The van der Waals surface area contributed by atoms with Crippen molar-refractivity contribution >= 4 is 34.9 Å². The van der Waals surface area contributed by atoms with Crippen molar-refractivity contribution in [3.63, 3.8) is 0 Å². The van der Waals surface area contributed by atoms with E-state index in [1.807, 2.05) is 84.9 Å². The maximum atomic E-state index is 4.69. The van der Waals surface area contributed by atoms with Crippen LogP contribution in [0, 0.1) is 0 Å². The minimum Gasteiger partial charge on any atom is -0.219 e. The van der Waals surface area contributed by atoms with Crippen molar-refractivity contribution < 1.29 is 34.1 Å². The van der Waals surface area contributed by atoms with Crippen molar-refractivity contribution in [2.45, 2.75) is 0 Å². The molecule has 1 heterocycles. The minimum atomic E-state index is -1.87. The Morgan fingerprint density at radius 3 is 1.32 bits per heavy atom. The van der Waals surface area contributed by atoms with Crippen LogP contribution in [0.2, 0.25) is 0 Å². The Kier molecular flexibility index (Phi) is 12.4. The van der Waals surface area contributed by atoms with E-state index in [4.69, 9.17) is 0 Å². The van der Waals surface area contributed by atoms with Gasteiger partial charge in [0.15, 0.2) is 17.0 Å². The van der Waals surface area contributed by atoms with Crippen LogP contribution >= 0.6 is 24.3 Å². The van der Waals surface area contributed by atoms with E-state index in [1.54, 1.807) is 0 Å². The predicted octanol–water partition coefficient (Wildman–Crippen LogP) is 7.10. The molecule has 0 aliphatic carbocycles. The molecule has 0 spiro atoms. The van der Waals surface area contributed by atoms with Gasteiger partial charge in [-0.25, -0.2) is 57.6 Å². The maximum absolute atomic E-state index is 4.69. The van der Waals surface area contributed by atoms with Crippen molar-refractivity contribution in [1.82, 2.24) is 0 Å². The van der Waals surface area contributed by atoms with Gasteiger partial charge < -0.3 is 0 Å². The first-order valence-corrected chi connectivity index (χ1v) is 11.4. The normalized spacial score (nSPS) is 13.9. The smallest absolute Gasteiger partial charge is 0.219 e. The summed E-state index contributed by atoms with van der Waals surface area (Å²) in [6.45, 7) is 0. The van der Waals surface area contributed by atoms with Gasteiger partial charge in [0.05, 0.1) is 7.21 Å².